The van der Waals surface area contributed by atoms with E-state index in [1.165, 1.54) is 12.1 Å². The lowest BCUT2D eigenvalue weighted by Gasteiger charge is -2.07. The van der Waals surface area contributed by atoms with Crippen molar-refractivity contribution in [3.8, 4) is 5.75 Å². The number of nitrogens with zero attached hydrogens (tertiary/aromatic N) is 2. The van der Waals surface area contributed by atoms with Crippen molar-refractivity contribution in [2.24, 2.45) is 0 Å². The maximum Gasteiger partial charge on any atom is 0.255 e. The van der Waals surface area contributed by atoms with E-state index < -0.39 is 0 Å². The van der Waals surface area contributed by atoms with Crippen LogP contribution in [-0.2, 0) is 13.2 Å². The van der Waals surface area contributed by atoms with Gasteiger partial charge in [-0.1, -0.05) is 40.2 Å². The van der Waals surface area contributed by atoms with E-state index in [-0.39, 0.29) is 11.7 Å². The molecule has 0 atom stereocenters. The monoisotopic (exact) mass is 479 g/mol. The van der Waals surface area contributed by atoms with Crippen LogP contribution in [0.3, 0.4) is 0 Å². The minimum atomic E-state index is -0.304. The molecule has 5 nitrogen and oxygen atoms in total. The number of rotatable bonds is 7. The normalized spacial score (nSPS) is 10.6. The SMILES string of the molecule is O=C(Nc1cnn(Cc2ccc(Br)cc2)c1)c1ccc(COc2ccc(F)cc2)cc1. The molecule has 0 saturated carbocycles. The Bertz CT molecular complexity index is 1160. The number of anilines is 1. The van der Waals surface area contributed by atoms with E-state index in [0.29, 0.717) is 30.2 Å². The van der Waals surface area contributed by atoms with E-state index in [4.69, 9.17) is 4.74 Å². The fourth-order valence-electron chi connectivity index (χ4n) is 2.94. The van der Waals surface area contributed by atoms with E-state index in [1.54, 1.807) is 41.3 Å². The highest BCUT2D eigenvalue weighted by Gasteiger charge is 2.08. The van der Waals surface area contributed by atoms with Crippen LogP contribution in [0.2, 0.25) is 0 Å². The largest absolute Gasteiger partial charge is 0.489 e. The minimum absolute atomic E-state index is 0.214. The number of hydrogen-bond acceptors (Lipinski definition) is 3. The molecule has 0 aliphatic rings. The predicted molar refractivity (Wildman–Crippen MR) is 121 cm³/mol. The molecule has 4 aromatic rings. The average molecular weight is 480 g/mol. The second-order valence-corrected chi connectivity index (χ2v) is 7.86. The van der Waals surface area contributed by atoms with Gasteiger partial charge in [0.15, 0.2) is 0 Å². The van der Waals surface area contributed by atoms with Crippen LogP contribution >= 0.6 is 15.9 Å². The summed E-state index contributed by atoms with van der Waals surface area (Å²) in [7, 11) is 0. The molecule has 0 spiro atoms. The summed E-state index contributed by atoms with van der Waals surface area (Å²) in [5.41, 5.74) is 3.18. The van der Waals surface area contributed by atoms with Crippen molar-refractivity contribution < 1.29 is 13.9 Å². The van der Waals surface area contributed by atoms with Gasteiger partial charge in [-0.3, -0.25) is 9.48 Å². The Hall–Kier alpha value is -3.45. The van der Waals surface area contributed by atoms with Crippen molar-refractivity contribution in [2.75, 3.05) is 5.32 Å². The molecule has 4 rings (SSSR count). The maximum absolute atomic E-state index is 12.9. The van der Waals surface area contributed by atoms with E-state index in [2.05, 4.69) is 26.3 Å². The third-order valence-corrected chi connectivity index (χ3v) is 5.11. The van der Waals surface area contributed by atoms with Gasteiger partial charge in [-0.15, -0.1) is 0 Å². The van der Waals surface area contributed by atoms with Gasteiger partial charge in [0.05, 0.1) is 18.4 Å². The molecule has 1 N–H and O–H groups in total. The molecule has 7 heteroatoms. The highest BCUT2D eigenvalue weighted by Crippen LogP contribution is 2.16. The van der Waals surface area contributed by atoms with E-state index >= 15 is 0 Å². The molecule has 1 amide bonds. The fourth-order valence-corrected chi connectivity index (χ4v) is 3.21. The fraction of sp³-hybridized carbons (Fsp3) is 0.0833. The van der Waals surface area contributed by atoms with Crippen LogP contribution in [0.5, 0.6) is 5.75 Å². The summed E-state index contributed by atoms with van der Waals surface area (Å²) in [6.07, 6.45) is 3.42. The van der Waals surface area contributed by atoms with Crippen LogP contribution < -0.4 is 10.1 Å². The number of halogens is 2. The van der Waals surface area contributed by atoms with Gasteiger partial charge >= 0.3 is 0 Å². The van der Waals surface area contributed by atoms with E-state index in [9.17, 15) is 9.18 Å². The lowest BCUT2D eigenvalue weighted by atomic mass is 10.1. The molecule has 31 heavy (non-hydrogen) atoms. The zero-order chi connectivity index (χ0) is 21.6. The molecule has 0 fully saturated rings. The molecular weight excluding hydrogens is 461 g/mol. The van der Waals surface area contributed by atoms with Gasteiger partial charge in [-0.05, 0) is 59.7 Å². The first-order valence-electron chi connectivity index (χ1n) is 9.61. The predicted octanol–water partition coefficient (Wildman–Crippen LogP) is 5.66. The van der Waals surface area contributed by atoms with Crippen molar-refractivity contribution in [2.45, 2.75) is 13.2 Å². The lowest BCUT2D eigenvalue weighted by Crippen LogP contribution is -2.11. The highest BCUT2D eigenvalue weighted by molar-refractivity contribution is 9.10. The van der Waals surface area contributed by atoms with Gasteiger partial charge in [0.1, 0.15) is 18.2 Å². The first kappa shape index (κ1) is 20.8. The molecule has 3 aromatic carbocycles. The number of amides is 1. The second kappa shape index (κ2) is 9.57. The van der Waals surface area contributed by atoms with Crippen LogP contribution in [0.4, 0.5) is 10.1 Å². The summed E-state index contributed by atoms with van der Waals surface area (Å²) in [6, 6.07) is 21.0. The molecule has 1 aromatic heterocycles. The Balaban J connectivity index is 1.31. The molecule has 1 heterocycles. The third kappa shape index (κ3) is 5.79. The Morgan fingerprint density at radius 3 is 2.35 bits per heavy atom. The first-order valence-corrected chi connectivity index (χ1v) is 10.4. The lowest BCUT2D eigenvalue weighted by molar-refractivity contribution is 0.102. The summed E-state index contributed by atoms with van der Waals surface area (Å²) in [5.74, 6) is 0.0686. The highest BCUT2D eigenvalue weighted by atomic mass is 79.9. The molecule has 156 valence electrons. The number of aromatic nitrogens is 2. The van der Waals surface area contributed by atoms with Crippen LogP contribution in [-0.4, -0.2) is 15.7 Å². The molecule has 0 bridgehead atoms. The van der Waals surface area contributed by atoms with Crippen molar-refractivity contribution in [1.29, 1.82) is 0 Å². The van der Waals surface area contributed by atoms with Crippen molar-refractivity contribution in [3.05, 3.63) is 112 Å². The summed E-state index contributed by atoms with van der Waals surface area (Å²) in [5, 5.41) is 7.16. The number of hydrogen-bond donors (Lipinski definition) is 1. The zero-order valence-electron chi connectivity index (χ0n) is 16.5. The van der Waals surface area contributed by atoms with Crippen molar-refractivity contribution >= 4 is 27.5 Å². The van der Waals surface area contributed by atoms with Crippen molar-refractivity contribution in [1.82, 2.24) is 9.78 Å². The van der Waals surface area contributed by atoms with E-state index in [0.717, 1.165) is 15.6 Å². The van der Waals surface area contributed by atoms with Crippen LogP contribution in [0.15, 0.2) is 89.7 Å². The summed E-state index contributed by atoms with van der Waals surface area (Å²) in [6.45, 7) is 0.947. The number of ether oxygens (including phenoxy) is 1. The number of nitrogens with one attached hydrogen (secondary N) is 1. The van der Waals surface area contributed by atoms with Crippen LogP contribution in [0, 0.1) is 5.82 Å². The quantitative estimate of drug-likeness (QED) is 0.371. The molecule has 0 saturated heterocycles. The number of benzene rings is 3. The first-order chi connectivity index (χ1) is 15.0. The number of carbonyl (C=O) groups is 1. The second-order valence-electron chi connectivity index (χ2n) is 6.95. The van der Waals surface area contributed by atoms with Crippen LogP contribution in [0.25, 0.3) is 0 Å². The third-order valence-electron chi connectivity index (χ3n) is 4.58. The molecule has 0 unspecified atom stereocenters. The van der Waals surface area contributed by atoms with Crippen molar-refractivity contribution in [3.63, 3.8) is 0 Å². The van der Waals surface area contributed by atoms with Gasteiger partial charge in [-0.2, -0.15) is 5.10 Å². The average Bonchev–Trinajstić information content (AvgIpc) is 3.22. The topological polar surface area (TPSA) is 56.2 Å². The Kier molecular flexibility index (Phi) is 6.43. The van der Waals surface area contributed by atoms with Gasteiger partial charge in [0.25, 0.3) is 5.91 Å². The Labute approximate surface area is 187 Å². The Morgan fingerprint density at radius 1 is 0.968 bits per heavy atom. The smallest absolute Gasteiger partial charge is 0.255 e. The van der Waals surface area contributed by atoms with Crippen LogP contribution in [0.1, 0.15) is 21.5 Å². The molecular formula is C24H19BrFN3O2. The molecule has 0 aliphatic heterocycles. The number of carbonyl (C=O) groups excluding carboxylic acids is 1. The van der Waals surface area contributed by atoms with Gasteiger partial charge in [0, 0.05) is 16.2 Å². The minimum Gasteiger partial charge on any atom is -0.489 e. The van der Waals surface area contributed by atoms with Gasteiger partial charge in [0.2, 0.25) is 0 Å². The van der Waals surface area contributed by atoms with E-state index in [1.807, 2.05) is 36.4 Å². The maximum atomic E-state index is 12.9. The Morgan fingerprint density at radius 2 is 1.65 bits per heavy atom. The summed E-state index contributed by atoms with van der Waals surface area (Å²) in [4.78, 5) is 12.5. The summed E-state index contributed by atoms with van der Waals surface area (Å²) >= 11 is 3.42. The molecule has 0 radical (unpaired) electrons. The standard InChI is InChI=1S/C24H19BrFN3O2/c25-20-7-3-17(4-8-20)14-29-15-22(13-27-29)28-24(30)19-5-1-18(2-6-19)16-31-23-11-9-21(26)10-12-23/h1-13,15H,14,16H2,(H,28,30). The van der Waals surface area contributed by atoms with Gasteiger partial charge in [-0.25, -0.2) is 4.39 Å². The zero-order valence-corrected chi connectivity index (χ0v) is 18.0. The summed E-state index contributed by atoms with van der Waals surface area (Å²) < 4.78 is 21.4. The molecule has 0 aliphatic carbocycles. The van der Waals surface area contributed by atoms with Gasteiger partial charge < -0.3 is 10.1 Å².